The highest BCUT2D eigenvalue weighted by Gasteiger charge is 2.21. The van der Waals surface area contributed by atoms with E-state index in [2.05, 4.69) is 12.1 Å². The molecule has 0 aromatic heterocycles. The van der Waals surface area contributed by atoms with Crippen LogP contribution in [0.15, 0.2) is 24.3 Å². The quantitative estimate of drug-likeness (QED) is 0.553. The molecule has 2 rings (SSSR count). The predicted molar refractivity (Wildman–Crippen MR) is 46.1 cm³/mol. The Labute approximate surface area is 66.6 Å². The maximum absolute atomic E-state index is 5.52. The van der Waals surface area contributed by atoms with E-state index in [0.29, 0.717) is 6.54 Å². The summed E-state index contributed by atoms with van der Waals surface area (Å²) in [5.74, 6) is 0. The lowest BCUT2D eigenvalue weighted by Gasteiger charge is -2.07. The maximum Gasteiger partial charge on any atom is 0.309 e. The molecule has 0 bridgehead atoms. The molecule has 11 heavy (non-hydrogen) atoms. The van der Waals surface area contributed by atoms with Crippen LogP contribution in [0.2, 0.25) is 0 Å². The molecule has 1 aromatic rings. The lowest BCUT2D eigenvalue weighted by Crippen LogP contribution is -2.12. The van der Waals surface area contributed by atoms with Gasteiger partial charge in [-0.3, -0.25) is 0 Å². The fraction of sp³-hybridized carbons (Fsp3) is 0.250. The summed E-state index contributed by atoms with van der Waals surface area (Å²) < 4.78 is 5.45. The second kappa shape index (κ2) is 2.68. The number of rotatable bonds is 1. The molecule has 0 saturated heterocycles. The van der Waals surface area contributed by atoms with Crippen LogP contribution in [0, 0.1) is 0 Å². The molecule has 1 heterocycles. The summed E-state index contributed by atoms with van der Waals surface area (Å²) in [7, 11) is 0.720. The topological polar surface area (TPSA) is 35.2 Å². The average Bonchev–Trinajstić information content (AvgIpc) is 2.47. The first-order valence-corrected chi connectivity index (χ1v) is 3.81. The predicted octanol–water partition coefficient (Wildman–Crippen LogP) is -0.307. The number of hydrogen-bond donors (Lipinski definition) is 1. The van der Waals surface area contributed by atoms with Crippen LogP contribution in [-0.2, 0) is 4.65 Å². The Morgan fingerprint density at radius 3 is 3.09 bits per heavy atom. The lowest BCUT2D eigenvalue weighted by atomic mass is 9.87. The van der Waals surface area contributed by atoms with Crippen LogP contribution in [-0.4, -0.2) is 14.0 Å². The van der Waals surface area contributed by atoms with Crippen LogP contribution < -0.4 is 11.2 Å². The van der Waals surface area contributed by atoms with E-state index in [1.165, 1.54) is 11.0 Å². The minimum atomic E-state index is 0.131. The summed E-state index contributed by atoms with van der Waals surface area (Å²) in [4.78, 5) is 0. The molecule has 3 heteroatoms. The van der Waals surface area contributed by atoms with E-state index in [-0.39, 0.29) is 6.10 Å². The van der Waals surface area contributed by atoms with Crippen molar-refractivity contribution in [1.29, 1.82) is 0 Å². The fourth-order valence-electron chi connectivity index (χ4n) is 1.45. The van der Waals surface area contributed by atoms with E-state index >= 15 is 0 Å². The van der Waals surface area contributed by atoms with E-state index in [1.807, 2.05) is 12.1 Å². The molecule has 1 aromatic carbocycles. The number of hydrogen-bond acceptors (Lipinski definition) is 2. The summed E-state index contributed by atoms with van der Waals surface area (Å²) in [5.41, 5.74) is 8.06. The van der Waals surface area contributed by atoms with Crippen molar-refractivity contribution in [3.8, 4) is 0 Å². The van der Waals surface area contributed by atoms with E-state index in [4.69, 9.17) is 10.4 Å². The Kier molecular flexibility index (Phi) is 1.68. The normalized spacial score (nSPS) is 21.0. The highest BCUT2D eigenvalue weighted by molar-refractivity contribution is 6.49. The third-order valence-electron chi connectivity index (χ3n) is 2.06. The fourth-order valence-corrected chi connectivity index (χ4v) is 1.45. The molecular formula is C8H10BNO. The van der Waals surface area contributed by atoms with Gasteiger partial charge in [0.1, 0.15) is 0 Å². The zero-order valence-corrected chi connectivity index (χ0v) is 6.29. The molecule has 1 atom stereocenters. The standard InChI is InChI=1S/C8H10BNO/c10-5-8-6-3-1-2-4-7(6)9-11-8/h1-4,8-9H,5,10H2. The van der Waals surface area contributed by atoms with Gasteiger partial charge in [0.2, 0.25) is 0 Å². The van der Waals surface area contributed by atoms with Gasteiger partial charge in [-0.15, -0.1) is 0 Å². The SMILES string of the molecule is NCC1OBc2ccccc21. The summed E-state index contributed by atoms with van der Waals surface area (Å²) in [6, 6.07) is 8.22. The summed E-state index contributed by atoms with van der Waals surface area (Å²) in [6.45, 7) is 0.580. The van der Waals surface area contributed by atoms with Gasteiger partial charge in [0.25, 0.3) is 0 Å². The first-order chi connectivity index (χ1) is 5.42. The van der Waals surface area contributed by atoms with E-state index < -0.39 is 0 Å². The second-order valence-corrected chi connectivity index (χ2v) is 2.73. The van der Waals surface area contributed by atoms with Gasteiger partial charge in [0.15, 0.2) is 0 Å². The van der Waals surface area contributed by atoms with Crippen molar-refractivity contribution in [2.45, 2.75) is 6.10 Å². The molecule has 0 radical (unpaired) electrons. The molecule has 1 unspecified atom stereocenters. The average molecular weight is 147 g/mol. The summed E-state index contributed by atoms with van der Waals surface area (Å²) in [5, 5.41) is 0. The van der Waals surface area contributed by atoms with Crippen LogP contribution in [0.3, 0.4) is 0 Å². The zero-order chi connectivity index (χ0) is 7.68. The van der Waals surface area contributed by atoms with Gasteiger partial charge in [-0.25, -0.2) is 0 Å². The van der Waals surface area contributed by atoms with Crippen molar-refractivity contribution < 1.29 is 4.65 Å². The van der Waals surface area contributed by atoms with Crippen molar-refractivity contribution in [2.75, 3.05) is 6.54 Å². The number of benzene rings is 1. The molecule has 1 aliphatic rings. The van der Waals surface area contributed by atoms with Crippen molar-refractivity contribution in [3.63, 3.8) is 0 Å². The Balaban J connectivity index is 2.39. The Hall–Kier alpha value is -0.795. The monoisotopic (exact) mass is 147 g/mol. The van der Waals surface area contributed by atoms with Gasteiger partial charge in [-0.05, 0) is 11.0 Å². The molecule has 0 aliphatic carbocycles. The lowest BCUT2D eigenvalue weighted by molar-refractivity contribution is 0.243. The molecular weight excluding hydrogens is 137 g/mol. The molecule has 0 saturated carbocycles. The second-order valence-electron chi connectivity index (χ2n) is 2.73. The number of fused-ring (bicyclic) bond motifs is 1. The molecule has 1 aliphatic heterocycles. The van der Waals surface area contributed by atoms with Gasteiger partial charge in [-0.2, -0.15) is 0 Å². The van der Waals surface area contributed by atoms with Crippen molar-refractivity contribution in [3.05, 3.63) is 29.8 Å². The zero-order valence-electron chi connectivity index (χ0n) is 6.29. The minimum absolute atomic E-state index is 0.131. The van der Waals surface area contributed by atoms with Crippen LogP contribution in [0.4, 0.5) is 0 Å². The first-order valence-electron chi connectivity index (χ1n) is 3.81. The Morgan fingerprint density at radius 2 is 2.27 bits per heavy atom. The van der Waals surface area contributed by atoms with Crippen molar-refractivity contribution in [1.82, 2.24) is 0 Å². The Bertz CT molecular complexity index is 264. The Morgan fingerprint density at radius 1 is 1.45 bits per heavy atom. The minimum Gasteiger partial charge on any atom is -0.426 e. The van der Waals surface area contributed by atoms with E-state index in [0.717, 1.165) is 7.48 Å². The molecule has 2 N–H and O–H groups in total. The summed E-state index contributed by atoms with van der Waals surface area (Å²) >= 11 is 0. The smallest absolute Gasteiger partial charge is 0.309 e. The van der Waals surface area contributed by atoms with Gasteiger partial charge in [-0.1, -0.05) is 24.3 Å². The van der Waals surface area contributed by atoms with E-state index in [9.17, 15) is 0 Å². The molecule has 56 valence electrons. The molecule has 0 amide bonds. The third kappa shape index (κ3) is 1.06. The molecule has 0 fully saturated rings. The van der Waals surface area contributed by atoms with Crippen molar-refractivity contribution in [2.24, 2.45) is 5.73 Å². The summed E-state index contributed by atoms with van der Waals surface area (Å²) in [6.07, 6.45) is 0.131. The highest BCUT2D eigenvalue weighted by atomic mass is 16.4. The van der Waals surface area contributed by atoms with Gasteiger partial charge in [0, 0.05) is 6.54 Å². The first kappa shape index (κ1) is 6.89. The third-order valence-corrected chi connectivity index (χ3v) is 2.06. The molecule has 2 nitrogen and oxygen atoms in total. The largest absolute Gasteiger partial charge is 0.426 e. The van der Waals surface area contributed by atoms with Crippen LogP contribution in [0.25, 0.3) is 0 Å². The van der Waals surface area contributed by atoms with E-state index in [1.54, 1.807) is 0 Å². The van der Waals surface area contributed by atoms with Crippen LogP contribution >= 0.6 is 0 Å². The number of nitrogens with two attached hydrogens (primary N) is 1. The van der Waals surface area contributed by atoms with Gasteiger partial charge < -0.3 is 10.4 Å². The maximum atomic E-state index is 5.52. The van der Waals surface area contributed by atoms with Crippen LogP contribution in [0.1, 0.15) is 11.7 Å². The highest BCUT2D eigenvalue weighted by Crippen LogP contribution is 2.18. The van der Waals surface area contributed by atoms with Gasteiger partial charge in [0.05, 0.1) is 6.10 Å². The molecule has 0 spiro atoms. The van der Waals surface area contributed by atoms with Crippen LogP contribution in [0.5, 0.6) is 0 Å². The van der Waals surface area contributed by atoms with Gasteiger partial charge >= 0.3 is 7.48 Å². The van der Waals surface area contributed by atoms with Crippen molar-refractivity contribution >= 4 is 12.9 Å².